The second-order valence-electron chi connectivity index (χ2n) is 6.07. The van der Waals surface area contributed by atoms with E-state index in [1.165, 1.54) is 0 Å². The molecule has 0 spiro atoms. The molecule has 102 valence electrons. The van der Waals surface area contributed by atoms with Crippen molar-refractivity contribution in [2.24, 2.45) is 0 Å². The molecule has 0 heterocycles. The van der Waals surface area contributed by atoms with Crippen LogP contribution in [-0.4, -0.2) is 31.5 Å². The van der Waals surface area contributed by atoms with E-state index in [0.717, 1.165) is 0 Å². The van der Waals surface area contributed by atoms with E-state index in [9.17, 15) is 5.11 Å². The number of halogens is 1. The quantitative estimate of drug-likeness (QED) is 0.434. The van der Waals surface area contributed by atoms with Crippen molar-refractivity contribution in [1.29, 1.82) is 0 Å². The van der Waals surface area contributed by atoms with Gasteiger partial charge >= 0.3 is 0 Å². The highest BCUT2D eigenvalue weighted by Crippen LogP contribution is 2.37. The fraction of sp³-hybridized carbons (Fsp3) is 0.846. The van der Waals surface area contributed by atoms with Gasteiger partial charge in [-0.3, -0.25) is 0 Å². The van der Waals surface area contributed by atoms with E-state index in [1.54, 1.807) is 6.08 Å². The van der Waals surface area contributed by atoms with Crippen LogP contribution in [0.4, 0.5) is 0 Å². The van der Waals surface area contributed by atoms with E-state index in [1.807, 2.05) is 0 Å². The standard InChI is InChI=1S/C13H27ClO2Si/c1-7-8-11(15)9-12(10-14)16-17(5,6)13(2,3)4/h7,11-12,15H,1,8-10H2,2-6H3/t11-,12-/m1/s1. The molecule has 0 aliphatic heterocycles. The molecule has 0 radical (unpaired) electrons. The van der Waals surface area contributed by atoms with E-state index in [0.29, 0.717) is 18.7 Å². The summed E-state index contributed by atoms with van der Waals surface area (Å²) in [7, 11) is -1.80. The molecule has 2 atom stereocenters. The van der Waals surface area contributed by atoms with Crippen molar-refractivity contribution in [3.05, 3.63) is 12.7 Å². The maximum atomic E-state index is 9.76. The van der Waals surface area contributed by atoms with Gasteiger partial charge in [0.1, 0.15) is 0 Å². The topological polar surface area (TPSA) is 29.5 Å². The molecule has 0 aromatic heterocycles. The lowest BCUT2D eigenvalue weighted by atomic mass is 10.1. The molecule has 1 N–H and O–H groups in total. The molecular weight excluding hydrogens is 252 g/mol. The van der Waals surface area contributed by atoms with Crippen molar-refractivity contribution in [3.8, 4) is 0 Å². The molecule has 0 fully saturated rings. The predicted molar refractivity (Wildman–Crippen MR) is 78.2 cm³/mol. The Hall–Kier alpha value is 0.167. The highest BCUT2D eigenvalue weighted by atomic mass is 35.5. The van der Waals surface area contributed by atoms with E-state index in [2.05, 4.69) is 40.4 Å². The minimum Gasteiger partial charge on any atom is -0.413 e. The zero-order valence-corrected chi connectivity index (χ0v) is 13.5. The fourth-order valence-electron chi connectivity index (χ4n) is 1.33. The molecule has 0 aromatic rings. The fourth-order valence-corrected chi connectivity index (χ4v) is 2.99. The van der Waals surface area contributed by atoms with Crippen LogP contribution < -0.4 is 0 Å². The minimum absolute atomic E-state index is 0.0625. The summed E-state index contributed by atoms with van der Waals surface area (Å²) in [5.41, 5.74) is 0. The monoisotopic (exact) mass is 278 g/mol. The van der Waals surface area contributed by atoms with Gasteiger partial charge in [0.15, 0.2) is 8.32 Å². The van der Waals surface area contributed by atoms with Crippen LogP contribution in [0.5, 0.6) is 0 Å². The van der Waals surface area contributed by atoms with Crippen LogP contribution in [0, 0.1) is 0 Å². The Morgan fingerprint density at radius 1 is 1.41 bits per heavy atom. The van der Waals surface area contributed by atoms with Gasteiger partial charge in [0.2, 0.25) is 0 Å². The van der Waals surface area contributed by atoms with Crippen LogP contribution in [0.25, 0.3) is 0 Å². The molecular formula is C13H27ClO2Si. The van der Waals surface area contributed by atoms with E-state index < -0.39 is 14.4 Å². The molecule has 0 saturated carbocycles. The minimum atomic E-state index is -1.80. The van der Waals surface area contributed by atoms with Gasteiger partial charge in [-0.2, -0.15) is 0 Å². The number of rotatable bonds is 7. The average molecular weight is 279 g/mol. The van der Waals surface area contributed by atoms with Crippen LogP contribution in [0.15, 0.2) is 12.7 Å². The molecule has 0 amide bonds. The maximum Gasteiger partial charge on any atom is 0.192 e. The van der Waals surface area contributed by atoms with Crippen molar-refractivity contribution in [2.45, 2.75) is 64.0 Å². The predicted octanol–water partition coefficient (Wildman–Crippen LogP) is 3.94. The number of aliphatic hydroxyl groups excluding tert-OH is 1. The first-order chi connectivity index (χ1) is 7.64. The van der Waals surface area contributed by atoms with Gasteiger partial charge in [-0.25, -0.2) is 0 Å². The van der Waals surface area contributed by atoms with Crippen LogP contribution in [0.3, 0.4) is 0 Å². The lowest BCUT2D eigenvalue weighted by Gasteiger charge is -2.39. The molecule has 17 heavy (non-hydrogen) atoms. The van der Waals surface area contributed by atoms with Crippen molar-refractivity contribution >= 4 is 19.9 Å². The van der Waals surface area contributed by atoms with Crippen molar-refractivity contribution in [1.82, 2.24) is 0 Å². The van der Waals surface area contributed by atoms with Gasteiger partial charge in [0.05, 0.1) is 12.2 Å². The second kappa shape index (κ2) is 6.93. The van der Waals surface area contributed by atoms with Gasteiger partial charge in [0, 0.05) is 5.88 Å². The summed E-state index contributed by atoms with van der Waals surface area (Å²) < 4.78 is 6.18. The SMILES string of the molecule is C=CC[C@@H](O)C[C@H](CCl)O[Si](C)(C)C(C)(C)C. The van der Waals surface area contributed by atoms with Crippen LogP contribution in [0.2, 0.25) is 18.1 Å². The first-order valence-electron chi connectivity index (χ1n) is 6.16. The number of hydrogen-bond donors (Lipinski definition) is 1. The lowest BCUT2D eigenvalue weighted by Crippen LogP contribution is -2.45. The van der Waals surface area contributed by atoms with Crippen molar-refractivity contribution in [2.75, 3.05) is 5.88 Å². The summed E-state index contributed by atoms with van der Waals surface area (Å²) in [6.45, 7) is 14.6. The third kappa shape index (κ3) is 6.05. The molecule has 2 nitrogen and oxygen atoms in total. The summed E-state index contributed by atoms with van der Waals surface area (Å²) in [6.07, 6.45) is 2.44. The number of alkyl halides is 1. The zero-order valence-electron chi connectivity index (χ0n) is 11.8. The Morgan fingerprint density at radius 2 is 1.94 bits per heavy atom. The number of aliphatic hydroxyl groups is 1. The normalized spacial score (nSPS) is 16.6. The van der Waals surface area contributed by atoms with Gasteiger partial charge in [0.25, 0.3) is 0 Å². The summed E-state index contributed by atoms with van der Waals surface area (Å²) in [5.74, 6) is 0.431. The Labute approximate surface area is 112 Å². The van der Waals surface area contributed by atoms with Crippen molar-refractivity contribution < 1.29 is 9.53 Å². The molecule has 0 aromatic carbocycles. The average Bonchev–Trinajstić information content (AvgIpc) is 2.14. The Morgan fingerprint density at radius 3 is 2.29 bits per heavy atom. The van der Waals surface area contributed by atoms with Crippen LogP contribution in [0.1, 0.15) is 33.6 Å². The molecule has 0 aliphatic carbocycles. The molecule has 0 saturated heterocycles. The van der Waals surface area contributed by atoms with Gasteiger partial charge < -0.3 is 9.53 Å². The molecule has 0 unspecified atom stereocenters. The van der Waals surface area contributed by atoms with Crippen LogP contribution >= 0.6 is 11.6 Å². The van der Waals surface area contributed by atoms with E-state index in [4.69, 9.17) is 16.0 Å². The third-order valence-electron chi connectivity index (χ3n) is 3.41. The first-order valence-corrected chi connectivity index (χ1v) is 9.61. The van der Waals surface area contributed by atoms with Gasteiger partial charge in [-0.05, 0) is 31.0 Å². The molecule has 0 aliphatic rings. The summed E-state index contributed by atoms with van der Waals surface area (Å²) in [4.78, 5) is 0. The second-order valence-corrected chi connectivity index (χ2v) is 11.1. The molecule has 4 heteroatoms. The molecule has 0 bridgehead atoms. The van der Waals surface area contributed by atoms with Crippen molar-refractivity contribution in [3.63, 3.8) is 0 Å². The number of hydrogen-bond acceptors (Lipinski definition) is 2. The Kier molecular flexibility index (Phi) is 7.00. The van der Waals surface area contributed by atoms with Gasteiger partial charge in [-0.1, -0.05) is 26.8 Å². The highest BCUT2D eigenvalue weighted by molar-refractivity contribution is 6.74. The first kappa shape index (κ1) is 17.2. The highest BCUT2D eigenvalue weighted by Gasteiger charge is 2.39. The molecule has 0 rings (SSSR count). The maximum absolute atomic E-state index is 9.76. The Bertz CT molecular complexity index is 236. The lowest BCUT2D eigenvalue weighted by molar-refractivity contribution is 0.0989. The summed E-state index contributed by atoms with van der Waals surface area (Å²) >= 11 is 5.93. The zero-order chi connectivity index (χ0) is 13.7. The summed E-state index contributed by atoms with van der Waals surface area (Å²) in [5, 5.41) is 9.92. The smallest absolute Gasteiger partial charge is 0.192 e. The van der Waals surface area contributed by atoms with Crippen LogP contribution in [-0.2, 0) is 4.43 Å². The van der Waals surface area contributed by atoms with Gasteiger partial charge in [-0.15, -0.1) is 18.2 Å². The Balaban J connectivity index is 4.44. The van der Waals surface area contributed by atoms with E-state index >= 15 is 0 Å². The third-order valence-corrected chi connectivity index (χ3v) is 8.29. The summed E-state index contributed by atoms with van der Waals surface area (Å²) in [6, 6.07) is 0. The van der Waals surface area contributed by atoms with E-state index in [-0.39, 0.29) is 11.1 Å². The largest absolute Gasteiger partial charge is 0.413 e.